The van der Waals surface area contributed by atoms with Crippen LogP contribution in [-0.4, -0.2) is 19.7 Å². The van der Waals surface area contributed by atoms with Crippen LogP contribution in [0.5, 0.6) is 0 Å². The number of nitrogens with two attached hydrogens (primary N) is 1. The minimum atomic E-state index is 0.619. The van der Waals surface area contributed by atoms with E-state index in [9.17, 15) is 0 Å². The number of nitrogens with zero attached hydrogens (tertiary/aromatic N) is 4. The molecule has 0 aromatic carbocycles. The van der Waals surface area contributed by atoms with Gasteiger partial charge in [-0.3, -0.25) is 0 Å². The Labute approximate surface area is 106 Å². The summed E-state index contributed by atoms with van der Waals surface area (Å²) in [4.78, 5) is 8.55. The van der Waals surface area contributed by atoms with E-state index in [-0.39, 0.29) is 0 Å². The highest BCUT2D eigenvalue weighted by Gasteiger charge is 2.10. The van der Waals surface area contributed by atoms with Crippen molar-refractivity contribution in [2.24, 2.45) is 5.84 Å². The van der Waals surface area contributed by atoms with E-state index in [0.717, 1.165) is 15.0 Å². The van der Waals surface area contributed by atoms with E-state index >= 15 is 0 Å². The predicted molar refractivity (Wildman–Crippen MR) is 69.2 cm³/mol. The van der Waals surface area contributed by atoms with E-state index in [1.807, 2.05) is 20.0 Å². The van der Waals surface area contributed by atoms with E-state index < -0.39 is 0 Å². The van der Waals surface area contributed by atoms with Crippen molar-refractivity contribution in [3.8, 4) is 5.82 Å². The summed E-state index contributed by atoms with van der Waals surface area (Å²) in [6.07, 6.45) is 3.67. The second-order valence-electron chi connectivity index (χ2n) is 3.32. The summed E-state index contributed by atoms with van der Waals surface area (Å²) in [6, 6.07) is 0. The molecule has 0 bridgehead atoms. The number of halogens is 1. The van der Waals surface area contributed by atoms with Gasteiger partial charge in [-0.1, -0.05) is 0 Å². The fraction of sp³-hybridized carbons (Fsp3) is 0.222. The molecule has 0 aliphatic carbocycles. The van der Waals surface area contributed by atoms with Crippen LogP contribution in [0.1, 0.15) is 11.4 Å². The number of nitrogens with one attached hydrogen (secondary N) is 1. The van der Waals surface area contributed by atoms with Gasteiger partial charge in [-0.25, -0.2) is 20.5 Å². The highest BCUT2D eigenvalue weighted by Crippen LogP contribution is 2.18. The zero-order valence-electron chi connectivity index (χ0n) is 8.90. The molecular formula is C9H11IN6. The van der Waals surface area contributed by atoms with Gasteiger partial charge in [0.15, 0.2) is 5.82 Å². The Kier molecular flexibility index (Phi) is 3.06. The second-order valence-corrected chi connectivity index (χ2v) is 4.56. The van der Waals surface area contributed by atoms with Gasteiger partial charge in [0, 0.05) is 11.8 Å². The largest absolute Gasteiger partial charge is 0.308 e. The minimum Gasteiger partial charge on any atom is -0.308 e. The Hall–Kier alpha value is -1.22. The molecule has 2 aromatic heterocycles. The number of aryl methyl sites for hydroxylation is 1. The lowest BCUT2D eigenvalue weighted by Crippen LogP contribution is -2.14. The van der Waals surface area contributed by atoms with Gasteiger partial charge in [-0.15, -0.1) is 0 Å². The molecule has 0 radical (unpaired) electrons. The highest BCUT2D eigenvalue weighted by molar-refractivity contribution is 14.1. The molecule has 0 spiro atoms. The van der Waals surface area contributed by atoms with Crippen LogP contribution in [-0.2, 0) is 0 Å². The van der Waals surface area contributed by atoms with Crippen molar-refractivity contribution >= 4 is 28.4 Å². The molecule has 0 aliphatic rings. The Morgan fingerprint density at radius 1 is 1.38 bits per heavy atom. The second kappa shape index (κ2) is 4.34. The monoisotopic (exact) mass is 330 g/mol. The summed E-state index contributed by atoms with van der Waals surface area (Å²) in [5.74, 6) is 7.41. The van der Waals surface area contributed by atoms with Crippen LogP contribution in [0.3, 0.4) is 0 Å². The molecule has 7 heteroatoms. The number of hydrazine groups is 1. The van der Waals surface area contributed by atoms with Crippen LogP contribution >= 0.6 is 22.6 Å². The molecule has 0 fully saturated rings. The van der Waals surface area contributed by atoms with Crippen molar-refractivity contribution in [2.75, 3.05) is 5.43 Å². The van der Waals surface area contributed by atoms with Gasteiger partial charge in [-0.05, 0) is 36.4 Å². The molecule has 0 atom stereocenters. The number of aromatic nitrogens is 4. The highest BCUT2D eigenvalue weighted by atomic mass is 127. The van der Waals surface area contributed by atoms with E-state index in [1.54, 1.807) is 10.9 Å². The molecular weight excluding hydrogens is 319 g/mol. The maximum absolute atomic E-state index is 5.40. The molecule has 2 rings (SSSR count). The Morgan fingerprint density at radius 3 is 2.69 bits per heavy atom. The van der Waals surface area contributed by atoms with Gasteiger partial charge in [0.2, 0.25) is 0 Å². The Balaban J connectivity index is 2.60. The molecule has 0 saturated heterocycles. The molecule has 6 nitrogen and oxygen atoms in total. The smallest absolute Gasteiger partial charge is 0.162 e. The molecule has 2 heterocycles. The number of hydrogen-bond donors (Lipinski definition) is 2. The van der Waals surface area contributed by atoms with Crippen LogP contribution in [0.2, 0.25) is 0 Å². The summed E-state index contributed by atoms with van der Waals surface area (Å²) in [5.41, 5.74) is 3.43. The number of hydrogen-bond acceptors (Lipinski definition) is 5. The summed E-state index contributed by atoms with van der Waals surface area (Å²) in [5, 5.41) is 4.21. The van der Waals surface area contributed by atoms with Crippen LogP contribution in [0, 0.1) is 17.4 Å². The zero-order chi connectivity index (χ0) is 11.7. The third kappa shape index (κ3) is 2.00. The average molecular weight is 330 g/mol. The minimum absolute atomic E-state index is 0.619. The van der Waals surface area contributed by atoms with Crippen LogP contribution in [0.4, 0.5) is 5.82 Å². The van der Waals surface area contributed by atoms with E-state index in [2.05, 4.69) is 43.1 Å². The van der Waals surface area contributed by atoms with Gasteiger partial charge in [0.05, 0.1) is 9.77 Å². The van der Waals surface area contributed by atoms with Crippen LogP contribution in [0.15, 0.2) is 12.4 Å². The third-order valence-corrected chi connectivity index (χ3v) is 2.69. The first-order chi connectivity index (χ1) is 7.61. The van der Waals surface area contributed by atoms with Gasteiger partial charge in [-0.2, -0.15) is 5.10 Å². The first-order valence-corrected chi connectivity index (χ1v) is 5.72. The summed E-state index contributed by atoms with van der Waals surface area (Å²) in [6.45, 7) is 3.72. The van der Waals surface area contributed by atoms with Crippen LogP contribution < -0.4 is 11.3 Å². The lowest BCUT2D eigenvalue weighted by Gasteiger charge is -2.09. The zero-order valence-corrected chi connectivity index (χ0v) is 11.1. The molecule has 3 N–H and O–H groups in total. The molecule has 0 amide bonds. The predicted octanol–water partition coefficient (Wildman–Crippen LogP) is 1.17. The van der Waals surface area contributed by atoms with Gasteiger partial charge >= 0.3 is 0 Å². The molecule has 16 heavy (non-hydrogen) atoms. The first-order valence-electron chi connectivity index (χ1n) is 4.64. The molecule has 0 unspecified atom stereocenters. The topological polar surface area (TPSA) is 81.6 Å². The summed E-state index contributed by atoms with van der Waals surface area (Å²) in [7, 11) is 0. The normalized spacial score (nSPS) is 10.5. The SMILES string of the molecule is Cc1nc(NN)c(C)c(-n2cc(I)cn2)n1. The maximum atomic E-state index is 5.40. The van der Waals surface area contributed by atoms with Crippen molar-refractivity contribution in [1.29, 1.82) is 0 Å². The van der Waals surface area contributed by atoms with Crippen molar-refractivity contribution in [3.05, 3.63) is 27.4 Å². The number of rotatable bonds is 2. The Bertz CT molecular complexity index is 521. The van der Waals surface area contributed by atoms with E-state index in [0.29, 0.717) is 11.6 Å². The quantitative estimate of drug-likeness (QED) is 0.491. The molecule has 2 aromatic rings. The van der Waals surface area contributed by atoms with Crippen molar-refractivity contribution < 1.29 is 0 Å². The maximum Gasteiger partial charge on any atom is 0.162 e. The third-order valence-electron chi connectivity index (χ3n) is 2.14. The molecule has 0 aliphatic heterocycles. The Morgan fingerprint density at radius 2 is 2.12 bits per heavy atom. The molecule has 0 saturated carbocycles. The van der Waals surface area contributed by atoms with E-state index in [4.69, 9.17) is 5.84 Å². The number of nitrogen functional groups attached to an aromatic ring is 1. The summed E-state index contributed by atoms with van der Waals surface area (Å²) < 4.78 is 2.77. The van der Waals surface area contributed by atoms with Crippen molar-refractivity contribution in [2.45, 2.75) is 13.8 Å². The first kappa shape index (κ1) is 11.3. The molecule has 84 valence electrons. The van der Waals surface area contributed by atoms with E-state index in [1.165, 1.54) is 0 Å². The fourth-order valence-corrected chi connectivity index (χ4v) is 1.78. The lowest BCUT2D eigenvalue weighted by molar-refractivity contribution is 0.818. The van der Waals surface area contributed by atoms with Crippen LogP contribution in [0.25, 0.3) is 5.82 Å². The van der Waals surface area contributed by atoms with Gasteiger partial charge in [0.1, 0.15) is 11.6 Å². The van der Waals surface area contributed by atoms with Crippen molar-refractivity contribution in [3.63, 3.8) is 0 Å². The van der Waals surface area contributed by atoms with Crippen molar-refractivity contribution in [1.82, 2.24) is 19.7 Å². The average Bonchev–Trinajstić information content (AvgIpc) is 2.67. The lowest BCUT2D eigenvalue weighted by atomic mass is 10.3. The summed E-state index contributed by atoms with van der Waals surface area (Å²) >= 11 is 2.20. The van der Waals surface area contributed by atoms with Gasteiger partial charge < -0.3 is 5.43 Å². The fourth-order valence-electron chi connectivity index (χ4n) is 1.39. The van der Waals surface area contributed by atoms with Gasteiger partial charge in [0.25, 0.3) is 0 Å². The standard InChI is InChI=1S/C9H11IN6/c1-5-8(15-11)13-6(2)14-9(5)16-4-7(10)3-12-16/h3-4H,11H2,1-2H3,(H,13,14,15). The number of anilines is 1.